The van der Waals surface area contributed by atoms with Gasteiger partial charge >= 0.3 is 5.97 Å². The monoisotopic (exact) mass is 248 g/mol. The van der Waals surface area contributed by atoms with Crippen molar-refractivity contribution in [3.05, 3.63) is 28.8 Å². The van der Waals surface area contributed by atoms with E-state index in [0.717, 1.165) is 25.0 Å². The molecule has 98 valence electrons. The zero-order chi connectivity index (χ0) is 13.3. The van der Waals surface area contributed by atoms with Crippen LogP contribution in [0.25, 0.3) is 0 Å². The first-order valence-electron chi connectivity index (χ1n) is 6.40. The van der Waals surface area contributed by atoms with E-state index in [0.29, 0.717) is 5.92 Å². The van der Waals surface area contributed by atoms with Crippen LogP contribution < -0.4 is 4.74 Å². The van der Waals surface area contributed by atoms with Crippen molar-refractivity contribution in [2.24, 2.45) is 11.8 Å². The molecule has 0 radical (unpaired) electrons. The number of carbonyl (C=O) groups is 1. The highest BCUT2D eigenvalue weighted by atomic mass is 16.5. The molecule has 1 aliphatic carbocycles. The summed E-state index contributed by atoms with van der Waals surface area (Å²) in [6.45, 7) is 4.18. The Bertz CT molecular complexity index is 442. The van der Waals surface area contributed by atoms with Gasteiger partial charge in [-0.15, -0.1) is 0 Å². The molecule has 2 unspecified atom stereocenters. The topological polar surface area (TPSA) is 46.5 Å². The first-order valence-corrected chi connectivity index (χ1v) is 6.40. The van der Waals surface area contributed by atoms with Gasteiger partial charge in [0, 0.05) is 0 Å². The van der Waals surface area contributed by atoms with Gasteiger partial charge in [0.05, 0.1) is 13.0 Å². The molecule has 1 fully saturated rings. The minimum absolute atomic E-state index is 0.0936. The molecule has 1 N–H and O–H groups in total. The lowest BCUT2D eigenvalue weighted by Crippen LogP contribution is -2.01. The van der Waals surface area contributed by atoms with Crippen LogP contribution in [0.1, 0.15) is 29.5 Å². The largest absolute Gasteiger partial charge is 0.497 e. The van der Waals surface area contributed by atoms with Crippen molar-refractivity contribution in [1.82, 2.24) is 0 Å². The standard InChI is InChI=1S/C15H20O3/c1-9-6-12(18-3)7-10(2)13(9)5-4-11-8-14(11)15(16)17/h6-7,11,14H,4-5,8H2,1-3H3,(H,16,17). The highest BCUT2D eigenvalue weighted by molar-refractivity contribution is 5.73. The van der Waals surface area contributed by atoms with Crippen LogP contribution in [0.4, 0.5) is 0 Å². The summed E-state index contributed by atoms with van der Waals surface area (Å²) in [7, 11) is 1.68. The lowest BCUT2D eigenvalue weighted by molar-refractivity contribution is -0.138. The van der Waals surface area contributed by atoms with Gasteiger partial charge in [-0.05, 0) is 67.9 Å². The summed E-state index contributed by atoms with van der Waals surface area (Å²) in [4.78, 5) is 10.8. The fourth-order valence-corrected chi connectivity index (χ4v) is 2.66. The van der Waals surface area contributed by atoms with Crippen LogP contribution in [0.2, 0.25) is 0 Å². The van der Waals surface area contributed by atoms with Crippen molar-refractivity contribution in [3.8, 4) is 5.75 Å². The molecule has 0 aliphatic heterocycles. The molecular weight excluding hydrogens is 228 g/mol. The smallest absolute Gasteiger partial charge is 0.306 e. The summed E-state index contributed by atoms with van der Waals surface area (Å²) < 4.78 is 5.24. The second-order valence-corrected chi connectivity index (χ2v) is 5.22. The number of aryl methyl sites for hydroxylation is 2. The summed E-state index contributed by atoms with van der Waals surface area (Å²) in [5.74, 6) is 0.541. The molecule has 0 heterocycles. The number of benzene rings is 1. The predicted molar refractivity (Wildman–Crippen MR) is 70.0 cm³/mol. The fraction of sp³-hybridized carbons (Fsp3) is 0.533. The molecular formula is C15H20O3. The Kier molecular flexibility index (Phi) is 3.60. The van der Waals surface area contributed by atoms with E-state index in [2.05, 4.69) is 13.8 Å². The van der Waals surface area contributed by atoms with Crippen LogP contribution in [0.3, 0.4) is 0 Å². The number of carboxylic acids is 1. The lowest BCUT2D eigenvalue weighted by Gasteiger charge is -2.12. The molecule has 1 aromatic rings. The van der Waals surface area contributed by atoms with Gasteiger partial charge in [-0.2, -0.15) is 0 Å². The molecule has 3 nitrogen and oxygen atoms in total. The molecule has 1 aromatic carbocycles. The van der Waals surface area contributed by atoms with Crippen LogP contribution in [-0.4, -0.2) is 18.2 Å². The first kappa shape index (κ1) is 12.9. The molecule has 2 atom stereocenters. The van der Waals surface area contributed by atoms with Crippen molar-refractivity contribution in [3.63, 3.8) is 0 Å². The maximum absolute atomic E-state index is 10.8. The first-order chi connectivity index (χ1) is 8.52. The van der Waals surface area contributed by atoms with E-state index in [1.165, 1.54) is 16.7 Å². The molecule has 18 heavy (non-hydrogen) atoms. The number of ether oxygens (including phenoxy) is 1. The summed E-state index contributed by atoms with van der Waals surface area (Å²) in [6.07, 6.45) is 2.80. The molecule has 1 saturated carbocycles. The van der Waals surface area contributed by atoms with E-state index >= 15 is 0 Å². The Morgan fingerprint density at radius 2 is 2.00 bits per heavy atom. The Labute approximate surface area is 108 Å². The number of aliphatic carboxylic acids is 1. The van der Waals surface area contributed by atoms with E-state index in [-0.39, 0.29) is 5.92 Å². The molecule has 0 aromatic heterocycles. The fourth-order valence-electron chi connectivity index (χ4n) is 2.66. The normalized spacial score (nSPS) is 21.7. The van der Waals surface area contributed by atoms with Crippen molar-refractivity contribution in [1.29, 1.82) is 0 Å². The van der Waals surface area contributed by atoms with Gasteiger partial charge < -0.3 is 9.84 Å². The summed E-state index contributed by atoms with van der Waals surface area (Å²) in [5.41, 5.74) is 3.81. The highest BCUT2D eigenvalue weighted by Gasteiger charge is 2.42. The molecule has 0 spiro atoms. The number of rotatable bonds is 5. The van der Waals surface area contributed by atoms with Gasteiger partial charge in [-0.25, -0.2) is 0 Å². The molecule has 0 saturated heterocycles. The van der Waals surface area contributed by atoms with Crippen LogP contribution >= 0.6 is 0 Å². The van der Waals surface area contributed by atoms with E-state index in [9.17, 15) is 4.79 Å². The summed E-state index contributed by atoms with van der Waals surface area (Å²) >= 11 is 0. The SMILES string of the molecule is COc1cc(C)c(CCC2CC2C(=O)O)c(C)c1. The van der Waals surface area contributed by atoms with E-state index in [1.54, 1.807) is 7.11 Å². The third kappa shape index (κ3) is 2.66. The number of hydrogen-bond acceptors (Lipinski definition) is 2. The van der Waals surface area contributed by atoms with Crippen LogP contribution in [-0.2, 0) is 11.2 Å². The molecule has 2 rings (SSSR count). The Morgan fingerprint density at radius 3 is 2.44 bits per heavy atom. The quantitative estimate of drug-likeness (QED) is 0.871. The van der Waals surface area contributed by atoms with E-state index in [4.69, 9.17) is 9.84 Å². The third-order valence-electron chi connectivity index (χ3n) is 3.91. The van der Waals surface area contributed by atoms with Gasteiger partial charge in [-0.1, -0.05) is 0 Å². The zero-order valence-corrected chi connectivity index (χ0v) is 11.2. The predicted octanol–water partition coefficient (Wildman–Crippen LogP) is 2.97. The second-order valence-electron chi connectivity index (χ2n) is 5.22. The second kappa shape index (κ2) is 5.01. The van der Waals surface area contributed by atoms with Gasteiger partial charge in [0.25, 0.3) is 0 Å². The van der Waals surface area contributed by atoms with Gasteiger partial charge in [-0.3, -0.25) is 4.79 Å². The molecule has 0 amide bonds. The molecule has 1 aliphatic rings. The van der Waals surface area contributed by atoms with Crippen molar-refractivity contribution in [2.45, 2.75) is 33.1 Å². The van der Waals surface area contributed by atoms with Crippen LogP contribution in [0.5, 0.6) is 5.75 Å². The average molecular weight is 248 g/mol. The molecule has 3 heteroatoms. The Hall–Kier alpha value is -1.51. The van der Waals surface area contributed by atoms with Gasteiger partial charge in [0.2, 0.25) is 0 Å². The number of methoxy groups -OCH3 is 1. The summed E-state index contributed by atoms with van der Waals surface area (Å²) in [5, 5.41) is 8.88. The average Bonchev–Trinajstić information content (AvgIpc) is 3.07. The summed E-state index contributed by atoms with van der Waals surface area (Å²) in [6, 6.07) is 4.09. The highest BCUT2D eigenvalue weighted by Crippen LogP contribution is 2.42. The zero-order valence-electron chi connectivity index (χ0n) is 11.2. The number of hydrogen-bond donors (Lipinski definition) is 1. The van der Waals surface area contributed by atoms with Crippen molar-refractivity contribution >= 4 is 5.97 Å². The van der Waals surface area contributed by atoms with Gasteiger partial charge in [0.15, 0.2) is 0 Å². The maximum Gasteiger partial charge on any atom is 0.306 e. The minimum Gasteiger partial charge on any atom is -0.497 e. The number of carboxylic acid groups (broad SMARTS) is 1. The van der Waals surface area contributed by atoms with Crippen LogP contribution in [0, 0.1) is 25.7 Å². The van der Waals surface area contributed by atoms with E-state index < -0.39 is 5.97 Å². The maximum atomic E-state index is 10.8. The lowest BCUT2D eigenvalue weighted by atomic mass is 9.96. The minimum atomic E-state index is -0.636. The van der Waals surface area contributed by atoms with E-state index in [1.807, 2.05) is 12.1 Å². The van der Waals surface area contributed by atoms with Gasteiger partial charge in [0.1, 0.15) is 5.75 Å². The Balaban J connectivity index is 2.00. The van der Waals surface area contributed by atoms with Crippen LogP contribution in [0.15, 0.2) is 12.1 Å². The Morgan fingerprint density at radius 1 is 1.39 bits per heavy atom. The van der Waals surface area contributed by atoms with Crippen molar-refractivity contribution < 1.29 is 14.6 Å². The van der Waals surface area contributed by atoms with Crippen molar-refractivity contribution in [2.75, 3.05) is 7.11 Å². The molecule has 0 bridgehead atoms. The third-order valence-corrected chi connectivity index (χ3v) is 3.91.